The molecule has 0 aliphatic rings. The molecule has 0 aliphatic heterocycles. The van der Waals surface area contributed by atoms with Crippen LogP contribution in [0.25, 0.3) is 0 Å². The minimum Gasteiger partial charge on any atom is -0.374 e. The van der Waals surface area contributed by atoms with Crippen molar-refractivity contribution in [2.75, 3.05) is 12.8 Å². The van der Waals surface area contributed by atoms with E-state index in [1.807, 2.05) is 0 Å². The highest BCUT2D eigenvalue weighted by atomic mass is 32.1. The van der Waals surface area contributed by atoms with E-state index in [9.17, 15) is 0 Å². The zero-order chi connectivity index (χ0) is 10.7. The smallest absolute Gasteiger partial charge is 0.203 e. The molecule has 6 heteroatoms. The number of rotatable bonds is 4. The summed E-state index contributed by atoms with van der Waals surface area (Å²) < 4.78 is 0. The standard InChI is InChI=1S/C9H12N4S2/c1-13(5-7-3-2-4-14-7)6-8-11-12-9(10)15-8/h2-4H,5-6H2,1H3,(H2,10,12). The van der Waals surface area contributed by atoms with Crippen LogP contribution >= 0.6 is 22.7 Å². The number of aromatic nitrogens is 2. The van der Waals surface area contributed by atoms with E-state index in [0.29, 0.717) is 5.13 Å². The van der Waals surface area contributed by atoms with Gasteiger partial charge in [-0.1, -0.05) is 17.4 Å². The third-order valence-corrected chi connectivity index (χ3v) is 3.49. The fourth-order valence-corrected chi connectivity index (χ4v) is 2.76. The van der Waals surface area contributed by atoms with E-state index in [2.05, 4.69) is 39.7 Å². The Morgan fingerprint density at radius 2 is 2.27 bits per heavy atom. The summed E-state index contributed by atoms with van der Waals surface area (Å²) in [4.78, 5) is 3.56. The molecule has 4 nitrogen and oxygen atoms in total. The van der Waals surface area contributed by atoms with Crippen LogP contribution in [-0.4, -0.2) is 22.1 Å². The van der Waals surface area contributed by atoms with Gasteiger partial charge in [-0.05, 0) is 18.5 Å². The lowest BCUT2D eigenvalue weighted by Crippen LogP contribution is -2.16. The molecule has 0 saturated heterocycles. The minimum atomic E-state index is 0.537. The molecule has 0 radical (unpaired) electrons. The molecule has 0 amide bonds. The predicted octanol–water partition coefficient (Wildman–Crippen LogP) is 1.81. The summed E-state index contributed by atoms with van der Waals surface area (Å²) in [6.07, 6.45) is 0. The normalized spacial score (nSPS) is 11.1. The first-order chi connectivity index (χ1) is 7.24. The molecule has 0 fully saturated rings. The van der Waals surface area contributed by atoms with Gasteiger partial charge in [0.25, 0.3) is 0 Å². The number of nitrogens with zero attached hydrogens (tertiary/aromatic N) is 3. The van der Waals surface area contributed by atoms with Crippen LogP contribution in [0, 0.1) is 0 Å². The van der Waals surface area contributed by atoms with Gasteiger partial charge in [0, 0.05) is 11.4 Å². The molecule has 15 heavy (non-hydrogen) atoms. The highest BCUT2D eigenvalue weighted by molar-refractivity contribution is 7.15. The van der Waals surface area contributed by atoms with Gasteiger partial charge in [-0.15, -0.1) is 21.5 Å². The number of anilines is 1. The van der Waals surface area contributed by atoms with E-state index in [1.54, 1.807) is 11.3 Å². The number of nitrogen functional groups attached to an aromatic ring is 1. The van der Waals surface area contributed by atoms with Gasteiger partial charge in [-0.25, -0.2) is 0 Å². The maximum absolute atomic E-state index is 5.52. The molecule has 2 heterocycles. The van der Waals surface area contributed by atoms with Gasteiger partial charge in [-0.3, -0.25) is 4.90 Å². The van der Waals surface area contributed by atoms with E-state index in [1.165, 1.54) is 16.2 Å². The van der Waals surface area contributed by atoms with Crippen LogP contribution < -0.4 is 5.73 Å². The molecule has 2 aromatic rings. The SMILES string of the molecule is CN(Cc1cccs1)Cc1nnc(N)s1. The van der Waals surface area contributed by atoms with Crippen LogP contribution in [0.3, 0.4) is 0 Å². The summed E-state index contributed by atoms with van der Waals surface area (Å²) in [5, 5.41) is 11.4. The fourth-order valence-electron chi connectivity index (χ4n) is 1.29. The third-order valence-electron chi connectivity index (χ3n) is 1.89. The Bertz CT molecular complexity index is 409. The summed E-state index contributed by atoms with van der Waals surface area (Å²) in [7, 11) is 2.07. The zero-order valence-electron chi connectivity index (χ0n) is 8.38. The first-order valence-electron chi connectivity index (χ1n) is 4.53. The van der Waals surface area contributed by atoms with E-state index in [0.717, 1.165) is 18.1 Å². The van der Waals surface area contributed by atoms with Gasteiger partial charge in [0.1, 0.15) is 5.01 Å². The van der Waals surface area contributed by atoms with E-state index in [-0.39, 0.29) is 0 Å². The molecule has 0 unspecified atom stereocenters. The Hall–Kier alpha value is -0.980. The molecule has 0 bridgehead atoms. The molecule has 0 aromatic carbocycles. The molecule has 2 rings (SSSR count). The van der Waals surface area contributed by atoms with Gasteiger partial charge < -0.3 is 5.73 Å². The maximum Gasteiger partial charge on any atom is 0.203 e. The second-order valence-corrected chi connectivity index (χ2v) is 5.41. The first kappa shape index (κ1) is 10.5. The van der Waals surface area contributed by atoms with Gasteiger partial charge in [0.2, 0.25) is 5.13 Å². The number of hydrogen-bond donors (Lipinski definition) is 1. The fraction of sp³-hybridized carbons (Fsp3) is 0.333. The van der Waals surface area contributed by atoms with Crippen molar-refractivity contribution in [3.63, 3.8) is 0 Å². The third kappa shape index (κ3) is 2.98. The van der Waals surface area contributed by atoms with Crippen molar-refractivity contribution in [3.05, 3.63) is 27.4 Å². The maximum atomic E-state index is 5.52. The Morgan fingerprint density at radius 1 is 1.40 bits per heavy atom. The number of nitrogens with two attached hydrogens (primary N) is 1. The topological polar surface area (TPSA) is 55.0 Å². The van der Waals surface area contributed by atoms with Crippen LogP contribution in [0.2, 0.25) is 0 Å². The Labute approximate surface area is 96.4 Å². The Kier molecular flexibility index (Phi) is 3.30. The van der Waals surface area contributed by atoms with Crippen LogP contribution in [0.15, 0.2) is 17.5 Å². The molecule has 0 atom stereocenters. The van der Waals surface area contributed by atoms with Crippen molar-refractivity contribution in [1.82, 2.24) is 15.1 Å². The van der Waals surface area contributed by atoms with Crippen molar-refractivity contribution in [2.24, 2.45) is 0 Å². The number of thiophene rings is 1. The summed E-state index contributed by atoms with van der Waals surface area (Å²) in [6.45, 7) is 1.74. The van der Waals surface area contributed by atoms with E-state index in [4.69, 9.17) is 5.73 Å². The van der Waals surface area contributed by atoms with Crippen LogP contribution in [-0.2, 0) is 13.1 Å². The van der Waals surface area contributed by atoms with Gasteiger partial charge in [0.05, 0.1) is 6.54 Å². The molecule has 0 saturated carbocycles. The van der Waals surface area contributed by atoms with Crippen molar-refractivity contribution >= 4 is 27.8 Å². The monoisotopic (exact) mass is 240 g/mol. The summed E-state index contributed by atoms with van der Waals surface area (Å²) in [5.74, 6) is 0. The van der Waals surface area contributed by atoms with Gasteiger partial charge in [0.15, 0.2) is 0 Å². The largest absolute Gasteiger partial charge is 0.374 e. The molecule has 0 spiro atoms. The molecule has 2 N–H and O–H groups in total. The van der Waals surface area contributed by atoms with Gasteiger partial charge in [-0.2, -0.15) is 0 Å². The lowest BCUT2D eigenvalue weighted by atomic mass is 10.4. The molecule has 2 aromatic heterocycles. The second kappa shape index (κ2) is 4.69. The number of hydrogen-bond acceptors (Lipinski definition) is 6. The summed E-state index contributed by atoms with van der Waals surface area (Å²) in [5.41, 5.74) is 5.52. The summed E-state index contributed by atoms with van der Waals surface area (Å²) in [6, 6.07) is 4.20. The zero-order valence-corrected chi connectivity index (χ0v) is 10.0. The Balaban J connectivity index is 1.90. The highest BCUT2D eigenvalue weighted by Gasteiger charge is 2.06. The Morgan fingerprint density at radius 3 is 2.87 bits per heavy atom. The quantitative estimate of drug-likeness (QED) is 0.885. The van der Waals surface area contributed by atoms with Crippen LogP contribution in [0.1, 0.15) is 9.88 Å². The van der Waals surface area contributed by atoms with E-state index >= 15 is 0 Å². The lowest BCUT2D eigenvalue weighted by molar-refractivity contribution is 0.320. The lowest BCUT2D eigenvalue weighted by Gasteiger charge is -2.12. The molecule has 80 valence electrons. The molecular weight excluding hydrogens is 228 g/mol. The predicted molar refractivity (Wildman–Crippen MR) is 63.8 cm³/mol. The first-order valence-corrected chi connectivity index (χ1v) is 6.22. The molecule has 0 aliphatic carbocycles. The van der Waals surface area contributed by atoms with Crippen LogP contribution in [0.5, 0.6) is 0 Å². The van der Waals surface area contributed by atoms with Crippen molar-refractivity contribution in [3.8, 4) is 0 Å². The van der Waals surface area contributed by atoms with Crippen molar-refractivity contribution < 1.29 is 0 Å². The average molecular weight is 240 g/mol. The molecular formula is C9H12N4S2. The van der Waals surface area contributed by atoms with E-state index < -0.39 is 0 Å². The summed E-state index contributed by atoms with van der Waals surface area (Å²) >= 11 is 3.21. The average Bonchev–Trinajstić information content (AvgIpc) is 2.77. The minimum absolute atomic E-state index is 0.537. The van der Waals surface area contributed by atoms with Gasteiger partial charge >= 0.3 is 0 Å². The highest BCUT2D eigenvalue weighted by Crippen LogP contribution is 2.15. The second-order valence-electron chi connectivity index (χ2n) is 3.29. The van der Waals surface area contributed by atoms with Crippen molar-refractivity contribution in [2.45, 2.75) is 13.1 Å². The van der Waals surface area contributed by atoms with Crippen molar-refractivity contribution in [1.29, 1.82) is 0 Å². The van der Waals surface area contributed by atoms with Crippen LogP contribution in [0.4, 0.5) is 5.13 Å².